The van der Waals surface area contributed by atoms with Crippen LogP contribution in [0.1, 0.15) is 11.4 Å². The maximum Gasteiger partial charge on any atom is 0.416 e. The van der Waals surface area contributed by atoms with Crippen LogP contribution >= 0.6 is 0 Å². The standard InChI is InChI=1S/C25H27F4N9O/c1-15(32-24(20(26)13-30)38-6-8-39-9-7-38)22-34-23(36-35-22)21-5-4-17(14-31-21)33-18-10-16(25(27,28)29)11-19(12-18)37(2)3/h4-5,10-14,33H,1,6-9,30H2,2-3H3,(H,34,35,36)/b20-13+,32-24+. The quantitative estimate of drug-likeness (QED) is 0.230. The van der Waals surface area contributed by atoms with Gasteiger partial charge in [0.2, 0.25) is 0 Å². The van der Waals surface area contributed by atoms with E-state index < -0.39 is 17.6 Å². The first-order valence-electron chi connectivity index (χ1n) is 11.8. The molecule has 1 saturated heterocycles. The first kappa shape index (κ1) is 27.6. The molecule has 10 nitrogen and oxygen atoms in total. The van der Waals surface area contributed by atoms with E-state index >= 15 is 0 Å². The van der Waals surface area contributed by atoms with E-state index in [2.05, 4.69) is 37.1 Å². The van der Waals surface area contributed by atoms with E-state index in [-0.39, 0.29) is 23.0 Å². The minimum atomic E-state index is -4.49. The number of hydrogen-bond donors (Lipinski definition) is 3. The highest BCUT2D eigenvalue weighted by Crippen LogP contribution is 2.35. The first-order valence-corrected chi connectivity index (χ1v) is 11.8. The predicted octanol–water partition coefficient (Wildman–Crippen LogP) is 4.17. The van der Waals surface area contributed by atoms with E-state index in [0.717, 1.165) is 18.3 Å². The molecule has 0 amide bonds. The van der Waals surface area contributed by atoms with Crippen molar-refractivity contribution < 1.29 is 22.3 Å². The van der Waals surface area contributed by atoms with Crippen molar-refractivity contribution in [3.05, 3.63) is 66.5 Å². The summed E-state index contributed by atoms with van der Waals surface area (Å²) in [7, 11) is 3.33. The third-order valence-corrected chi connectivity index (χ3v) is 5.73. The molecular formula is C25H27F4N9O. The molecule has 4 rings (SSSR count). The minimum absolute atomic E-state index is 0.0179. The van der Waals surface area contributed by atoms with Gasteiger partial charge < -0.3 is 30.6 Å². The summed E-state index contributed by atoms with van der Waals surface area (Å²) in [5.74, 6) is -0.195. The van der Waals surface area contributed by atoms with Gasteiger partial charge >= 0.3 is 6.18 Å². The summed E-state index contributed by atoms with van der Waals surface area (Å²) in [6.07, 6.45) is -2.20. The SMILES string of the molecule is C=C(/N=C(\C(F)=C/N)N1CCOCC1)c1nnc(-c2ccc(Nc3cc(N(C)C)cc(C(F)(F)F)c3)cn2)[nH]1. The Kier molecular flexibility index (Phi) is 8.14. The number of amidine groups is 1. The molecule has 0 aliphatic carbocycles. The normalized spacial score (nSPS) is 14.9. The average molecular weight is 546 g/mol. The zero-order valence-corrected chi connectivity index (χ0v) is 21.3. The van der Waals surface area contributed by atoms with Gasteiger partial charge in [0.1, 0.15) is 11.4 Å². The van der Waals surface area contributed by atoms with Gasteiger partial charge in [-0.1, -0.05) is 6.58 Å². The third-order valence-electron chi connectivity index (χ3n) is 5.73. The lowest BCUT2D eigenvalue weighted by molar-refractivity contribution is -0.137. The van der Waals surface area contributed by atoms with Crippen molar-refractivity contribution in [2.45, 2.75) is 6.18 Å². The van der Waals surface area contributed by atoms with E-state index in [9.17, 15) is 17.6 Å². The van der Waals surface area contributed by atoms with Gasteiger partial charge in [0.15, 0.2) is 23.3 Å². The van der Waals surface area contributed by atoms with Gasteiger partial charge in [-0.3, -0.25) is 4.98 Å². The molecule has 1 fully saturated rings. The van der Waals surface area contributed by atoms with Crippen LogP contribution in [0.5, 0.6) is 0 Å². The summed E-state index contributed by atoms with van der Waals surface area (Å²) in [6.45, 7) is 5.60. The number of ether oxygens (including phenoxy) is 1. The Morgan fingerprint density at radius 2 is 1.92 bits per heavy atom. The maximum absolute atomic E-state index is 14.4. The predicted molar refractivity (Wildman–Crippen MR) is 141 cm³/mol. The van der Waals surface area contributed by atoms with Crippen molar-refractivity contribution in [1.29, 1.82) is 0 Å². The van der Waals surface area contributed by atoms with Crippen LogP contribution in [-0.4, -0.2) is 71.3 Å². The molecule has 0 saturated carbocycles. The molecule has 206 valence electrons. The number of alkyl halides is 3. The van der Waals surface area contributed by atoms with Gasteiger partial charge in [0, 0.05) is 44.8 Å². The minimum Gasteiger partial charge on any atom is -0.402 e. The highest BCUT2D eigenvalue weighted by Gasteiger charge is 2.31. The molecule has 0 spiro atoms. The molecule has 1 aliphatic rings. The van der Waals surface area contributed by atoms with Gasteiger partial charge in [-0.25, -0.2) is 9.38 Å². The van der Waals surface area contributed by atoms with Crippen molar-refractivity contribution in [1.82, 2.24) is 25.1 Å². The summed E-state index contributed by atoms with van der Waals surface area (Å²) in [4.78, 5) is 14.8. The number of benzene rings is 1. The molecule has 3 aromatic rings. The van der Waals surface area contributed by atoms with Crippen LogP contribution in [0.25, 0.3) is 17.2 Å². The number of hydrogen-bond acceptors (Lipinski definition) is 8. The number of halogens is 4. The zero-order chi connectivity index (χ0) is 28.2. The Morgan fingerprint density at radius 1 is 1.18 bits per heavy atom. The van der Waals surface area contributed by atoms with Crippen LogP contribution in [0, 0.1) is 0 Å². The number of aromatic amines is 1. The fourth-order valence-electron chi connectivity index (χ4n) is 3.69. The van der Waals surface area contributed by atoms with Crippen molar-refractivity contribution >= 4 is 28.6 Å². The molecule has 0 bridgehead atoms. The molecule has 0 radical (unpaired) electrons. The fourth-order valence-corrected chi connectivity index (χ4v) is 3.69. The number of anilines is 3. The second-order valence-electron chi connectivity index (χ2n) is 8.74. The van der Waals surface area contributed by atoms with Crippen LogP contribution in [0.15, 0.2) is 60.1 Å². The molecule has 39 heavy (non-hydrogen) atoms. The van der Waals surface area contributed by atoms with Crippen LogP contribution < -0.4 is 16.0 Å². The summed E-state index contributed by atoms with van der Waals surface area (Å²) in [5, 5.41) is 11.0. The van der Waals surface area contributed by atoms with Crippen LogP contribution in [0.2, 0.25) is 0 Å². The van der Waals surface area contributed by atoms with E-state index in [1.54, 1.807) is 42.1 Å². The molecule has 2 aromatic heterocycles. The van der Waals surface area contributed by atoms with Crippen LogP contribution in [0.4, 0.5) is 34.6 Å². The Balaban J connectivity index is 1.51. The third kappa shape index (κ3) is 6.71. The smallest absolute Gasteiger partial charge is 0.402 e. The molecular weight excluding hydrogens is 518 g/mol. The Bertz CT molecular complexity index is 1370. The van der Waals surface area contributed by atoms with Gasteiger partial charge in [0.25, 0.3) is 0 Å². The van der Waals surface area contributed by atoms with Gasteiger partial charge in [-0.2, -0.15) is 13.2 Å². The number of pyridine rings is 1. The Morgan fingerprint density at radius 3 is 2.54 bits per heavy atom. The Hall–Kier alpha value is -4.46. The number of nitrogens with two attached hydrogens (primary N) is 1. The summed E-state index contributed by atoms with van der Waals surface area (Å²) < 4.78 is 59.8. The lowest BCUT2D eigenvalue weighted by Crippen LogP contribution is -2.41. The van der Waals surface area contributed by atoms with Gasteiger partial charge in [-0.05, 0) is 30.3 Å². The number of nitrogens with one attached hydrogen (secondary N) is 2. The second-order valence-corrected chi connectivity index (χ2v) is 8.74. The lowest BCUT2D eigenvalue weighted by atomic mass is 10.1. The molecule has 0 unspecified atom stereocenters. The average Bonchev–Trinajstić information content (AvgIpc) is 3.42. The number of aliphatic imine (C=N–C) groups is 1. The monoisotopic (exact) mass is 545 g/mol. The van der Waals surface area contributed by atoms with E-state index in [1.165, 1.54) is 6.20 Å². The largest absolute Gasteiger partial charge is 0.416 e. The van der Waals surface area contributed by atoms with E-state index in [0.29, 0.717) is 49.2 Å². The first-order chi connectivity index (χ1) is 18.5. The van der Waals surface area contributed by atoms with E-state index in [4.69, 9.17) is 10.5 Å². The summed E-state index contributed by atoms with van der Waals surface area (Å²) in [6, 6.07) is 6.98. The van der Waals surface area contributed by atoms with Crippen molar-refractivity contribution in [2.24, 2.45) is 10.7 Å². The number of nitrogens with zero attached hydrogens (tertiary/aromatic N) is 6. The van der Waals surface area contributed by atoms with Crippen molar-refractivity contribution in [2.75, 3.05) is 50.6 Å². The van der Waals surface area contributed by atoms with Gasteiger partial charge in [-0.15, -0.1) is 10.2 Å². The summed E-state index contributed by atoms with van der Waals surface area (Å²) >= 11 is 0. The molecule has 0 atom stereocenters. The lowest BCUT2D eigenvalue weighted by Gasteiger charge is -2.29. The highest BCUT2D eigenvalue weighted by molar-refractivity contribution is 5.99. The van der Waals surface area contributed by atoms with E-state index in [1.807, 2.05) is 0 Å². The molecule has 14 heteroatoms. The van der Waals surface area contributed by atoms with Crippen LogP contribution in [0.3, 0.4) is 0 Å². The van der Waals surface area contributed by atoms with Crippen molar-refractivity contribution in [3.63, 3.8) is 0 Å². The number of rotatable bonds is 7. The summed E-state index contributed by atoms with van der Waals surface area (Å²) in [5.41, 5.74) is 6.27. The number of morpholine rings is 1. The molecule has 1 aliphatic heterocycles. The Labute approximate surface area is 221 Å². The molecule has 1 aromatic carbocycles. The second kappa shape index (κ2) is 11.5. The fraction of sp³-hybridized carbons (Fsp3) is 0.280. The van der Waals surface area contributed by atoms with Crippen molar-refractivity contribution in [3.8, 4) is 11.5 Å². The number of H-pyrrole nitrogens is 1. The molecule has 4 N–H and O–H groups in total. The topological polar surface area (TPSA) is 121 Å². The zero-order valence-electron chi connectivity index (χ0n) is 21.3. The highest BCUT2D eigenvalue weighted by atomic mass is 19.4. The maximum atomic E-state index is 14.4. The van der Waals surface area contributed by atoms with Crippen LogP contribution in [-0.2, 0) is 10.9 Å². The number of aromatic nitrogens is 4. The molecule has 3 heterocycles. The van der Waals surface area contributed by atoms with Gasteiger partial charge in [0.05, 0.1) is 30.7 Å².